The summed E-state index contributed by atoms with van der Waals surface area (Å²) in [5, 5.41) is 2.52. The second kappa shape index (κ2) is 5.65. The van der Waals surface area contributed by atoms with Crippen LogP contribution in [0, 0.1) is 0 Å². The molecule has 0 saturated carbocycles. The van der Waals surface area contributed by atoms with Gasteiger partial charge in [0.15, 0.2) is 5.69 Å². The predicted octanol–water partition coefficient (Wildman–Crippen LogP) is 2.02. The number of hydrogen-bond acceptors (Lipinski definition) is 5. The molecule has 0 spiro atoms. The van der Waals surface area contributed by atoms with Gasteiger partial charge in [-0.05, 0) is 6.92 Å². The van der Waals surface area contributed by atoms with Crippen molar-refractivity contribution in [2.24, 2.45) is 0 Å². The second-order valence-electron chi connectivity index (χ2n) is 3.65. The third-order valence-electron chi connectivity index (χ3n) is 1.96. The van der Waals surface area contributed by atoms with Crippen LogP contribution in [0.3, 0.4) is 0 Å². The van der Waals surface area contributed by atoms with E-state index in [4.69, 9.17) is 0 Å². The molecule has 1 heterocycles. The van der Waals surface area contributed by atoms with Gasteiger partial charge >= 0.3 is 12.1 Å². The molecule has 8 heteroatoms. The van der Waals surface area contributed by atoms with Crippen LogP contribution in [0.2, 0.25) is 0 Å². The first-order valence-corrected chi connectivity index (χ1v) is 5.05. The van der Waals surface area contributed by atoms with E-state index in [2.05, 4.69) is 20.0 Å². The molecular weight excluding hydrogens is 251 g/mol. The zero-order valence-corrected chi connectivity index (χ0v) is 9.78. The highest BCUT2D eigenvalue weighted by molar-refractivity contribution is 5.87. The average Bonchev–Trinajstić information content (AvgIpc) is 2.25. The van der Waals surface area contributed by atoms with Crippen molar-refractivity contribution >= 4 is 11.8 Å². The van der Waals surface area contributed by atoms with Crippen LogP contribution >= 0.6 is 0 Å². The third-order valence-corrected chi connectivity index (χ3v) is 1.96. The first kappa shape index (κ1) is 14.2. The number of nitrogens with zero attached hydrogens (tertiary/aromatic N) is 2. The van der Waals surface area contributed by atoms with Gasteiger partial charge in [-0.2, -0.15) is 13.2 Å². The van der Waals surface area contributed by atoms with Crippen molar-refractivity contribution in [2.75, 3.05) is 12.4 Å². The number of rotatable bonds is 4. The predicted molar refractivity (Wildman–Crippen MR) is 57.1 cm³/mol. The topological polar surface area (TPSA) is 64.1 Å². The molecule has 1 aromatic rings. The number of carbonyl (C=O) groups is 1. The van der Waals surface area contributed by atoms with Gasteiger partial charge in [0.05, 0.1) is 25.9 Å². The van der Waals surface area contributed by atoms with E-state index in [0.717, 1.165) is 0 Å². The van der Waals surface area contributed by atoms with Crippen molar-refractivity contribution in [1.29, 1.82) is 0 Å². The Kier molecular flexibility index (Phi) is 4.46. The molecule has 0 saturated heterocycles. The summed E-state index contributed by atoms with van der Waals surface area (Å²) in [5.41, 5.74) is -0.0679. The third kappa shape index (κ3) is 4.56. The lowest BCUT2D eigenvalue weighted by Crippen LogP contribution is -2.24. The van der Waals surface area contributed by atoms with E-state index in [0.29, 0.717) is 0 Å². The van der Waals surface area contributed by atoms with Gasteiger partial charge in [-0.25, -0.2) is 9.78 Å². The maximum absolute atomic E-state index is 12.1. The van der Waals surface area contributed by atoms with Gasteiger partial charge < -0.3 is 10.1 Å². The summed E-state index contributed by atoms with van der Waals surface area (Å²) in [4.78, 5) is 18.6. The zero-order valence-electron chi connectivity index (χ0n) is 9.78. The molecule has 0 fully saturated rings. The lowest BCUT2D eigenvalue weighted by atomic mass is 10.2. The smallest absolute Gasteiger partial charge is 0.391 e. The van der Waals surface area contributed by atoms with Crippen molar-refractivity contribution in [3.8, 4) is 0 Å². The summed E-state index contributed by atoms with van der Waals surface area (Å²) in [6, 6.07) is -0.868. The SMILES string of the molecule is COC(=O)c1cncc(NC(C)CC(F)(F)F)n1. The summed E-state index contributed by atoms with van der Waals surface area (Å²) in [6.45, 7) is 1.36. The maximum Gasteiger partial charge on any atom is 0.391 e. The maximum atomic E-state index is 12.1. The molecule has 18 heavy (non-hydrogen) atoms. The van der Waals surface area contributed by atoms with Gasteiger partial charge in [-0.15, -0.1) is 0 Å². The van der Waals surface area contributed by atoms with E-state index in [1.165, 1.54) is 26.4 Å². The van der Waals surface area contributed by atoms with Crippen molar-refractivity contribution in [1.82, 2.24) is 9.97 Å². The Morgan fingerprint density at radius 3 is 2.72 bits per heavy atom. The van der Waals surface area contributed by atoms with Crippen molar-refractivity contribution in [3.63, 3.8) is 0 Å². The lowest BCUT2D eigenvalue weighted by molar-refractivity contribution is -0.136. The van der Waals surface area contributed by atoms with Crippen molar-refractivity contribution in [2.45, 2.75) is 25.6 Å². The Morgan fingerprint density at radius 2 is 2.17 bits per heavy atom. The number of hydrogen-bond donors (Lipinski definition) is 1. The van der Waals surface area contributed by atoms with E-state index in [1.54, 1.807) is 0 Å². The number of halogens is 3. The van der Waals surface area contributed by atoms with Gasteiger partial charge in [0.2, 0.25) is 0 Å². The Balaban J connectivity index is 2.70. The van der Waals surface area contributed by atoms with Gasteiger partial charge in [0.25, 0.3) is 0 Å². The molecule has 0 aliphatic heterocycles. The van der Waals surface area contributed by atoms with Crippen molar-refractivity contribution < 1.29 is 22.7 Å². The molecule has 5 nitrogen and oxygen atoms in total. The molecule has 1 rings (SSSR count). The van der Waals surface area contributed by atoms with E-state index in [1.807, 2.05) is 0 Å². The molecule has 0 radical (unpaired) electrons. The standard InChI is InChI=1S/C10H12F3N3O2/c1-6(3-10(11,12)13)15-8-5-14-4-7(16-8)9(17)18-2/h4-6H,3H2,1-2H3,(H,15,16). The van der Waals surface area contributed by atoms with Crippen LogP contribution < -0.4 is 5.32 Å². The summed E-state index contributed by atoms with van der Waals surface area (Å²) < 4.78 is 40.8. The first-order chi connectivity index (χ1) is 8.31. The highest BCUT2D eigenvalue weighted by Gasteiger charge is 2.30. The number of ether oxygens (including phenoxy) is 1. The summed E-state index contributed by atoms with van der Waals surface area (Å²) >= 11 is 0. The quantitative estimate of drug-likeness (QED) is 0.842. The Morgan fingerprint density at radius 1 is 1.50 bits per heavy atom. The second-order valence-corrected chi connectivity index (χ2v) is 3.65. The fraction of sp³-hybridized carbons (Fsp3) is 0.500. The van der Waals surface area contributed by atoms with Gasteiger partial charge in [-0.3, -0.25) is 4.98 Å². The molecule has 1 N–H and O–H groups in total. The molecule has 0 aromatic carbocycles. The van der Waals surface area contributed by atoms with E-state index >= 15 is 0 Å². The zero-order chi connectivity index (χ0) is 13.8. The van der Waals surface area contributed by atoms with Gasteiger partial charge in [-0.1, -0.05) is 0 Å². The fourth-order valence-corrected chi connectivity index (χ4v) is 1.29. The van der Waals surface area contributed by atoms with Gasteiger partial charge in [0, 0.05) is 6.04 Å². The highest BCUT2D eigenvalue weighted by atomic mass is 19.4. The number of esters is 1. The van der Waals surface area contributed by atoms with Crippen LogP contribution in [0.15, 0.2) is 12.4 Å². The molecule has 1 unspecified atom stereocenters. The molecule has 0 bridgehead atoms. The fourth-order valence-electron chi connectivity index (χ4n) is 1.29. The number of methoxy groups -OCH3 is 1. The average molecular weight is 263 g/mol. The van der Waals surface area contributed by atoms with Crippen LogP contribution in [-0.2, 0) is 4.74 Å². The Labute approximate surface area is 101 Å². The number of aromatic nitrogens is 2. The molecule has 0 amide bonds. The molecule has 0 aliphatic carbocycles. The lowest BCUT2D eigenvalue weighted by Gasteiger charge is -2.16. The Bertz CT molecular complexity index is 423. The molecule has 1 atom stereocenters. The highest BCUT2D eigenvalue weighted by Crippen LogP contribution is 2.22. The van der Waals surface area contributed by atoms with E-state index in [9.17, 15) is 18.0 Å². The van der Waals surface area contributed by atoms with Crippen LogP contribution in [0.4, 0.5) is 19.0 Å². The monoisotopic (exact) mass is 263 g/mol. The summed E-state index contributed by atoms with van der Waals surface area (Å²) in [7, 11) is 1.18. The minimum Gasteiger partial charge on any atom is -0.464 e. The Hall–Kier alpha value is -1.86. The summed E-state index contributed by atoms with van der Waals surface area (Å²) in [6.07, 6.45) is -2.86. The van der Waals surface area contributed by atoms with Crippen molar-refractivity contribution in [3.05, 3.63) is 18.1 Å². The van der Waals surface area contributed by atoms with Crippen LogP contribution in [-0.4, -0.2) is 35.3 Å². The normalized spacial score (nSPS) is 12.9. The molecule has 0 aliphatic rings. The largest absolute Gasteiger partial charge is 0.464 e. The number of carbonyl (C=O) groups excluding carboxylic acids is 1. The molecule has 1 aromatic heterocycles. The van der Waals surface area contributed by atoms with Gasteiger partial charge in [0.1, 0.15) is 5.82 Å². The van der Waals surface area contributed by atoms with Crippen LogP contribution in [0.5, 0.6) is 0 Å². The molecular formula is C10H12F3N3O2. The summed E-state index contributed by atoms with van der Waals surface area (Å²) in [5.74, 6) is -0.607. The minimum atomic E-state index is -4.26. The number of nitrogens with one attached hydrogen (secondary N) is 1. The van der Waals surface area contributed by atoms with Crippen LogP contribution in [0.25, 0.3) is 0 Å². The number of anilines is 1. The van der Waals surface area contributed by atoms with E-state index in [-0.39, 0.29) is 11.5 Å². The number of alkyl halides is 3. The minimum absolute atomic E-state index is 0.0679. The molecule has 100 valence electrons. The first-order valence-electron chi connectivity index (χ1n) is 5.05. The van der Waals surface area contributed by atoms with Crippen LogP contribution in [0.1, 0.15) is 23.8 Å². The van der Waals surface area contributed by atoms with E-state index < -0.39 is 24.6 Å².